The number of halogens is 5. The van der Waals surface area contributed by atoms with Crippen molar-refractivity contribution in [1.82, 2.24) is 59.7 Å². The molecule has 40 heteroatoms. The number of hydrogen-bond acceptors (Lipinski definition) is 28. The number of carbonyl (C=O) groups excluding carboxylic acids is 2. The summed E-state index contributed by atoms with van der Waals surface area (Å²) in [6.45, 7) is 14.1. The fourth-order valence-electron chi connectivity index (χ4n) is 6.23. The predicted octanol–water partition coefficient (Wildman–Crippen LogP) is 7.09. The normalized spacial score (nSPS) is 9.97. The van der Waals surface area contributed by atoms with Crippen LogP contribution in [0.5, 0.6) is 28.7 Å². The van der Waals surface area contributed by atoms with Crippen molar-refractivity contribution in [2.45, 2.75) is 41.5 Å². The summed E-state index contributed by atoms with van der Waals surface area (Å²) < 4.78 is 59.4. The van der Waals surface area contributed by atoms with Crippen LogP contribution >= 0.6 is 62.1 Å². The SMILES string of the molecule is CCOC(=O)c1cc(OCC)ccn1.CCOc1cc(Cl)nc(-c2nn(C)c(=O)o2)c1.CCOc1cc[n+](O)c(-c2nn(C)c(=O)o2)c1.CCOc1ccnc(-c2nn(C)c(=O)o2)c1.CCOc1ccnc(C(=O)NN)c1.NN.O=C(O)c1cc(Cl)ccn1.O=P(Cl)(Cl)Cl. The van der Waals surface area contributed by atoms with E-state index in [1.54, 1.807) is 61.7 Å². The number of esters is 1. The molecule has 0 atom stereocenters. The molecule has 9 heterocycles. The molecule has 0 aliphatic heterocycles. The molecular formula is C54H65Cl5N16O18P+. The maximum atomic E-state index is 11.3. The number of aromatic carboxylic acids is 1. The number of nitrogens with zero attached hydrogens (tertiary/aromatic N) is 12. The van der Waals surface area contributed by atoms with E-state index in [1.165, 1.54) is 70.2 Å². The number of nitrogen functional groups attached to an aromatic ring is 1. The highest BCUT2D eigenvalue weighted by Gasteiger charge is 2.22. The van der Waals surface area contributed by atoms with E-state index in [2.05, 4.69) is 85.6 Å². The second kappa shape index (κ2) is 42.6. The van der Waals surface area contributed by atoms with E-state index in [1.807, 2.05) is 40.0 Å². The Morgan fingerprint density at radius 3 is 1.40 bits per heavy atom. The Kier molecular flexibility index (Phi) is 36.5. The van der Waals surface area contributed by atoms with Gasteiger partial charge in [0, 0.05) is 92.1 Å². The number of amides is 1. The van der Waals surface area contributed by atoms with Crippen molar-refractivity contribution in [3.05, 3.63) is 163 Å². The molecule has 94 heavy (non-hydrogen) atoms. The molecule has 508 valence electrons. The molecule has 0 aliphatic carbocycles. The molecule has 0 radical (unpaired) electrons. The number of rotatable bonds is 17. The van der Waals surface area contributed by atoms with Crippen LogP contribution in [0.4, 0.5) is 0 Å². The quantitative estimate of drug-likeness (QED) is 0.00774. The number of nitrogens with one attached hydrogen (secondary N) is 1. The number of carboxylic acid groups (broad SMARTS) is 1. The van der Waals surface area contributed by atoms with Gasteiger partial charge in [-0.05, 0) is 106 Å². The molecule has 9 aromatic heterocycles. The van der Waals surface area contributed by atoms with Gasteiger partial charge < -0.3 is 46.8 Å². The minimum atomic E-state index is -3.22. The van der Waals surface area contributed by atoms with Crippen molar-refractivity contribution in [3.63, 3.8) is 0 Å². The fourth-order valence-corrected chi connectivity index (χ4v) is 6.59. The first-order chi connectivity index (χ1) is 44.7. The molecule has 0 saturated heterocycles. The number of carbonyl (C=O) groups is 3. The minimum absolute atomic E-state index is 0.0292. The van der Waals surface area contributed by atoms with Crippen LogP contribution in [0.2, 0.25) is 10.2 Å². The van der Waals surface area contributed by atoms with Gasteiger partial charge in [0.05, 0.1) is 45.7 Å². The van der Waals surface area contributed by atoms with Gasteiger partial charge in [0.15, 0.2) is 5.69 Å². The molecule has 0 bridgehead atoms. The number of aromatic nitrogens is 12. The van der Waals surface area contributed by atoms with Crippen LogP contribution in [-0.4, -0.2) is 122 Å². The number of aryl methyl sites for hydroxylation is 3. The molecule has 0 fully saturated rings. The topological polar surface area (TPSA) is 467 Å². The average Bonchev–Trinajstić information content (AvgIpc) is 1.67. The van der Waals surface area contributed by atoms with Gasteiger partial charge in [-0.15, -0.1) is 15.3 Å². The van der Waals surface area contributed by atoms with Gasteiger partial charge in [0.25, 0.3) is 17.7 Å². The van der Waals surface area contributed by atoms with E-state index in [-0.39, 0.29) is 45.6 Å². The number of hydrazine groups is 2. The monoisotopic (exact) mass is 1430 g/mol. The lowest BCUT2D eigenvalue weighted by molar-refractivity contribution is -0.896. The van der Waals surface area contributed by atoms with Crippen molar-refractivity contribution in [1.29, 1.82) is 0 Å². The van der Waals surface area contributed by atoms with Gasteiger partial charge in [0.2, 0.25) is 6.20 Å². The third kappa shape index (κ3) is 29.8. The zero-order chi connectivity index (χ0) is 70.5. The Balaban J connectivity index is 0.000000379. The third-order valence-corrected chi connectivity index (χ3v) is 10.4. The van der Waals surface area contributed by atoms with Crippen molar-refractivity contribution in [2.24, 2.45) is 38.7 Å². The molecule has 0 aliphatic rings. The van der Waals surface area contributed by atoms with E-state index >= 15 is 0 Å². The number of nitrogens with two attached hydrogens (primary N) is 3. The molecule has 34 nitrogen and oxygen atoms in total. The Labute approximate surface area is 558 Å². The Morgan fingerprint density at radius 2 is 0.968 bits per heavy atom. The fraction of sp³-hybridized carbons (Fsp3) is 0.278. The van der Waals surface area contributed by atoms with Crippen LogP contribution in [0, 0.1) is 0 Å². The molecule has 0 spiro atoms. The van der Waals surface area contributed by atoms with E-state index in [9.17, 15) is 38.5 Å². The summed E-state index contributed by atoms with van der Waals surface area (Å²) in [6.07, 6.45) is 7.34. The van der Waals surface area contributed by atoms with Crippen molar-refractivity contribution in [3.8, 4) is 63.5 Å². The van der Waals surface area contributed by atoms with Crippen molar-refractivity contribution in [2.75, 3.05) is 39.6 Å². The van der Waals surface area contributed by atoms with Crippen LogP contribution < -0.4 is 68.6 Å². The standard InChI is InChI=1S/C10H10ClN3O3.C10H12N3O4.C10H11N3O3.C10H13NO3.C8H11N3O2.C6H4ClNO2.Cl3OP.H4N2/c1-3-16-6-4-7(12-8(11)5-6)9-13-14(2)10(15)17-9;1-3-16-7-4-5-13(15)8(6-7)9-11-12(2)10(14)17-9;1-3-15-7-4-5-11-8(6-7)9-12-13(2)10(14)16-9;1-3-13-8-5-6-11-9(7-8)10(12)14-4-2;1-2-13-6-3-4-10-7(5-6)8(12)11-9;7-4-1-2-8-5(3-4)6(9)10;1-5(2,3)4;1-2/h4-5H,3H2,1-2H3;4-6,15H,3H2,1-2H3;4-6H,3H2,1-2H3;5-7H,3-4H2,1-2H3;3-5H,2,9H2,1H3,(H,11,12);1-3H,(H,9,10);;1-2H2/q;+1;;;;;;. The maximum Gasteiger partial charge on any atom is 0.437 e. The second-order valence-electron chi connectivity index (χ2n) is 16.5. The molecule has 0 unspecified atom stereocenters. The highest BCUT2D eigenvalue weighted by Crippen LogP contribution is 2.61. The van der Waals surface area contributed by atoms with E-state index in [0.29, 0.717) is 84.8 Å². The van der Waals surface area contributed by atoms with Crippen LogP contribution in [0.3, 0.4) is 0 Å². The lowest BCUT2D eigenvalue weighted by Crippen LogP contribution is -2.32. The second-order valence-corrected chi connectivity index (χ2v) is 24.0. The Hall–Kier alpha value is -9.51. The summed E-state index contributed by atoms with van der Waals surface area (Å²) in [6, 6.07) is 19.0. The largest absolute Gasteiger partial charge is 0.494 e. The number of carboxylic acids is 1. The smallest absolute Gasteiger partial charge is 0.437 e. The van der Waals surface area contributed by atoms with E-state index in [4.69, 9.17) is 75.8 Å². The van der Waals surface area contributed by atoms with Crippen LogP contribution in [0.1, 0.15) is 73.0 Å². The first-order valence-corrected chi connectivity index (χ1v) is 32.0. The van der Waals surface area contributed by atoms with Gasteiger partial charge in [-0.1, -0.05) is 23.2 Å². The van der Waals surface area contributed by atoms with Crippen LogP contribution in [0.15, 0.2) is 131 Å². The Morgan fingerprint density at radius 1 is 0.564 bits per heavy atom. The molecule has 1 amide bonds. The summed E-state index contributed by atoms with van der Waals surface area (Å²) in [5, 5.41) is 27.0. The molecular weight excluding hydrogens is 1370 g/mol. The third-order valence-electron chi connectivity index (χ3n) is 9.94. The summed E-state index contributed by atoms with van der Waals surface area (Å²) in [4.78, 5) is 85.2. The first-order valence-electron chi connectivity index (χ1n) is 26.8. The van der Waals surface area contributed by atoms with E-state index in [0.717, 1.165) is 18.8 Å². The highest BCUT2D eigenvalue weighted by atomic mass is 36.0. The summed E-state index contributed by atoms with van der Waals surface area (Å²) in [5.74, 6) is 12.7. The average molecular weight is 1430 g/mol. The zero-order valence-corrected chi connectivity index (χ0v) is 56.1. The maximum absolute atomic E-state index is 11.3. The van der Waals surface area contributed by atoms with Gasteiger partial charge in [-0.25, -0.2) is 44.8 Å². The lowest BCUT2D eigenvalue weighted by Gasteiger charge is -2.04. The highest BCUT2D eigenvalue weighted by molar-refractivity contribution is 8.24. The van der Waals surface area contributed by atoms with Crippen LogP contribution in [-0.2, 0) is 30.4 Å². The van der Waals surface area contributed by atoms with Crippen molar-refractivity contribution >= 4 is 80.0 Å². The summed E-state index contributed by atoms with van der Waals surface area (Å²) in [7, 11) is 4.47. The van der Waals surface area contributed by atoms with Gasteiger partial charge in [-0.3, -0.25) is 41.6 Å². The van der Waals surface area contributed by atoms with Gasteiger partial charge in [-0.2, -0.15) is 14.0 Å². The van der Waals surface area contributed by atoms with Gasteiger partial charge >= 0.3 is 46.0 Å². The van der Waals surface area contributed by atoms with E-state index < -0.39 is 40.3 Å². The minimum Gasteiger partial charge on any atom is -0.494 e. The lowest BCUT2D eigenvalue weighted by atomic mass is 10.3. The molecule has 9 rings (SSSR count). The summed E-state index contributed by atoms with van der Waals surface area (Å²) in [5.41, 5.74) is 3.56. The van der Waals surface area contributed by atoms with Gasteiger partial charge in [0.1, 0.15) is 56.7 Å². The number of hydrogen-bond donors (Lipinski definition) is 6. The van der Waals surface area contributed by atoms with Crippen LogP contribution in [0.25, 0.3) is 34.8 Å². The summed E-state index contributed by atoms with van der Waals surface area (Å²) >= 11 is 25.2. The Bertz CT molecular complexity index is 4050. The number of ether oxygens (including phenoxy) is 6. The molecule has 0 saturated carbocycles. The molecule has 0 aromatic carbocycles. The first kappa shape index (κ1) is 80.6. The predicted molar refractivity (Wildman–Crippen MR) is 341 cm³/mol. The zero-order valence-electron chi connectivity index (χ0n) is 51.4. The van der Waals surface area contributed by atoms with Crippen molar-refractivity contribution < 1.29 is 75.7 Å². The molecule has 9 N–H and O–H groups in total. The molecule has 9 aromatic rings. The number of pyridine rings is 6.